The van der Waals surface area contributed by atoms with Crippen molar-refractivity contribution in [3.8, 4) is 0 Å². The summed E-state index contributed by atoms with van der Waals surface area (Å²) >= 11 is 1.82. The van der Waals surface area contributed by atoms with Crippen LogP contribution in [0.2, 0.25) is 0 Å². The van der Waals surface area contributed by atoms with Crippen LogP contribution in [0.1, 0.15) is 40.6 Å². The van der Waals surface area contributed by atoms with Crippen molar-refractivity contribution in [1.29, 1.82) is 0 Å². The van der Waals surface area contributed by atoms with E-state index in [2.05, 4.69) is 56.8 Å². The molecule has 0 spiro atoms. The Labute approximate surface area is 182 Å². The zero-order valence-electron chi connectivity index (χ0n) is 17.3. The number of carbonyl (C=O) groups excluding carboxylic acids is 1. The Morgan fingerprint density at radius 2 is 2.03 bits per heavy atom. The molecule has 6 heteroatoms. The number of hydrogen-bond acceptors (Lipinski definition) is 5. The standard InChI is InChI=1S/C24H28N4OS/c1-18-5-2-3-7-21(18)23(22-17-25-11-12-26-22)27-24(29)19-8-13-28(14-9-19)15-10-20-6-4-16-30-20/h2-7,11-12,16-17,19,23H,8-10,13-15H2,1H3,(H,27,29). The Morgan fingerprint density at radius 3 is 2.73 bits per heavy atom. The van der Waals surface area contributed by atoms with Gasteiger partial charge in [0.25, 0.3) is 0 Å². The number of piperidine rings is 1. The summed E-state index contributed by atoms with van der Waals surface area (Å²) < 4.78 is 0. The van der Waals surface area contributed by atoms with Crippen molar-refractivity contribution < 1.29 is 4.79 Å². The van der Waals surface area contributed by atoms with Crippen LogP contribution in [0, 0.1) is 12.8 Å². The number of benzene rings is 1. The van der Waals surface area contributed by atoms with Crippen LogP contribution in [-0.2, 0) is 11.2 Å². The minimum atomic E-state index is -0.274. The van der Waals surface area contributed by atoms with Crippen molar-refractivity contribution in [3.63, 3.8) is 0 Å². The van der Waals surface area contributed by atoms with E-state index in [1.54, 1.807) is 18.6 Å². The number of aromatic nitrogens is 2. The van der Waals surface area contributed by atoms with Crippen LogP contribution in [0.15, 0.2) is 60.4 Å². The molecule has 1 aliphatic rings. The van der Waals surface area contributed by atoms with Crippen molar-refractivity contribution in [3.05, 3.63) is 82.1 Å². The summed E-state index contributed by atoms with van der Waals surface area (Å²) in [6.45, 7) is 5.09. The Balaban J connectivity index is 1.38. The number of nitrogens with zero attached hydrogens (tertiary/aromatic N) is 3. The molecule has 1 atom stereocenters. The van der Waals surface area contributed by atoms with E-state index in [-0.39, 0.29) is 17.9 Å². The van der Waals surface area contributed by atoms with E-state index in [1.807, 2.05) is 23.5 Å². The Hall–Kier alpha value is -2.57. The van der Waals surface area contributed by atoms with Crippen molar-refractivity contribution >= 4 is 17.2 Å². The van der Waals surface area contributed by atoms with Crippen molar-refractivity contribution in [2.45, 2.75) is 32.2 Å². The quantitative estimate of drug-likeness (QED) is 0.628. The van der Waals surface area contributed by atoms with Gasteiger partial charge in [-0.25, -0.2) is 0 Å². The number of hydrogen-bond donors (Lipinski definition) is 1. The van der Waals surface area contributed by atoms with Gasteiger partial charge in [0.15, 0.2) is 0 Å². The molecule has 0 aliphatic carbocycles. The third-order valence-electron chi connectivity index (χ3n) is 5.88. The SMILES string of the molecule is Cc1ccccc1C(NC(=O)C1CCN(CCc2cccs2)CC1)c1cnccn1. The second-order valence-electron chi connectivity index (χ2n) is 7.87. The molecule has 1 amide bonds. The minimum absolute atomic E-state index is 0.0474. The van der Waals surface area contributed by atoms with E-state index in [4.69, 9.17) is 0 Å². The number of thiophene rings is 1. The van der Waals surface area contributed by atoms with Gasteiger partial charge in [-0.05, 0) is 61.8 Å². The fourth-order valence-electron chi connectivity index (χ4n) is 4.08. The molecule has 1 saturated heterocycles. The molecule has 30 heavy (non-hydrogen) atoms. The number of likely N-dealkylation sites (tertiary alicyclic amines) is 1. The summed E-state index contributed by atoms with van der Waals surface area (Å²) in [6, 6.07) is 12.2. The highest BCUT2D eigenvalue weighted by molar-refractivity contribution is 7.09. The fourth-order valence-corrected chi connectivity index (χ4v) is 4.78. The van der Waals surface area contributed by atoms with Gasteiger partial charge in [-0.3, -0.25) is 14.8 Å². The topological polar surface area (TPSA) is 58.1 Å². The van der Waals surface area contributed by atoms with Gasteiger partial charge in [-0.1, -0.05) is 30.3 Å². The molecule has 0 saturated carbocycles. The van der Waals surface area contributed by atoms with E-state index < -0.39 is 0 Å². The van der Waals surface area contributed by atoms with Gasteiger partial charge < -0.3 is 10.2 Å². The number of nitrogens with one attached hydrogen (secondary N) is 1. The third kappa shape index (κ3) is 5.12. The molecular weight excluding hydrogens is 392 g/mol. The molecule has 3 aromatic rings. The first-order chi connectivity index (χ1) is 14.7. The summed E-state index contributed by atoms with van der Waals surface area (Å²) in [4.78, 5) is 25.7. The van der Waals surface area contributed by atoms with Crippen molar-refractivity contribution in [1.82, 2.24) is 20.2 Å². The van der Waals surface area contributed by atoms with Crippen LogP contribution in [-0.4, -0.2) is 40.4 Å². The molecule has 156 valence electrons. The molecule has 3 heterocycles. The zero-order chi connectivity index (χ0) is 20.8. The smallest absolute Gasteiger partial charge is 0.224 e. The lowest BCUT2D eigenvalue weighted by atomic mass is 9.93. The Kier molecular flexibility index (Phi) is 6.87. The molecule has 1 unspecified atom stereocenters. The maximum atomic E-state index is 13.1. The first-order valence-corrected chi connectivity index (χ1v) is 11.4. The highest BCUT2D eigenvalue weighted by Crippen LogP contribution is 2.25. The number of carbonyl (C=O) groups is 1. The van der Waals surface area contributed by atoms with Gasteiger partial charge in [0.2, 0.25) is 5.91 Å². The van der Waals surface area contributed by atoms with Gasteiger partial charge in [0, 0.05) is 29.7 Å². The largest absolute Gasteiger partial charge is 0.343 e. The lowest BCUT2D eigenvalue weighted by Gasteiger charge is -2.32. The maximum Gasteiger partial charge on any atom is 0.224 e. The van der Waals surface area contributed by atoms with E-state index in [1.165, 1.54) is 4.88 Å². The fraction of sp³-hybridized carbons (Fsp3) is 0.375. The number of rotatable bonds is 7. The average Bonchev–Trinajstić information content (AvgIpc) is 3.31. The summed E-state index contributed by atoms with van der Waals surface area (Å²) in [6.07, 6.45) is 7.97. The summed E-state index contributed by atoms with van der Waals surface area (Å²) in [5.41, 5.74) is 2.98. The highest BCUT2D eigenvalue weighted by atomic mass is 32.1. The zero-order valence-corrected chi connectivity index (χ0v) is 18.1. The predicted octanol–water partition coefficient (Wildman–Crippen LogP) is 4.01. The summed E-state index contributed by atoms with van der Waals surface area (Å²) in [5, 5.41) is 5.40. The molecule has 1 fully saturated rings. The van der Waals surface area contributed by atoms with Crippen molar-refractivity contribution in [2.75, 3.05) is 19.6 Å². The molecule has 1 aromatic carbocycles. The van der Waals surface area contributed by atoms with Crippen LogP contribution in [0.3, 0.4) is 0 Å². The second-order valence-corrected chi connectivity index (χ2v) is 8.91. The van der Waals surface area contributed by atoms with Crippen LogP contribution in [0.5, 0.6) is 0 Å². The molecule has 2 aromatic heterocycles. The van der Waals surface area contributed by atoms with Crippen LogP contribution in [0.4, 0.5) is 0 Å². The lowest BCUT2D eigenvalue weighted by molar-refractivity contribution is -0.127. The molecule has 1 aliphatic heterocycles. The molecular formula is C24H28N4OS. The van der Waals surface area contributed by atoms with Crippen molar-refractivity contribution in [2.24, 2.45) is 5.92 Å². The average molecular weight is 421 g/mol. The molecule has 0 bridgehead atoms. The summed E-state index contributed by atoms with van der Waals surface area (Å²) in [5.74, 6) is 0.165. The Morgan fingerprint density at radius 1 is 1.20 bits per heavy atom. The first kappa shape index (κ1) is 20.7. The van der Waals surface area contributed by atoms with E-state index in [9.17, 15) is 4.79 Å². The minimum Gasteiger partial charge on any atom is -0.343 e. The van der Waals surface area contributed by atoms with Gasteiger partial charge in [-0.15, -0.1) is 11.3 Å². The molecule has 4 rings (SSSR count). The van der Waals surface area contributed by atoms with E-state index in [0.717, 1.165) is 55.7 Å². The Bertz CT molecular complexity index is 937. The molecule has 1 N–H and O–H groups in total. The summed E-state index contributed by atoms with van der Waals surface area (Å²) in [7, 11) is 0. The normalized spacial score (nSPS) is 16.3. The number of amides is 1. The van der Waals surface area contributed by atoms with E-state index in [0.29, 0.717) is 0 Å². The van der Waals surface area contributed by atoms with Gasteiger partial charge in [0.05, 0.1) is 17.9 Å². The van der Waals surface area contributed by atoms with Gasteiger partial charge in [-0.2, -0.15) is 0 Å². The molecule has 0 radical (unpaired) electrons. The second kappa shape index (κ2) is 9.96. The lowest BCUT2D eigenvalue weighted by Crippen LogP contribution is -2.42. The highest BCUT2D eigenvalue weighted by Gasteiger charge is 2.28. The predicted molar refractivity (Wildman–Crippen MR) is 120 cm³/mol. The van der Waals surface area contributed by atoms with Gasteiger partial charge in [0.1, 0.15) is 0 Å². The monoisotopic (exact) mass is 420 g/mol. The van der Waals surface area contributed by atoms with Crippen LogP contribution >= 0.6 is 11.3 Å². The van der Waals surface area contributed by atoms with Gasteiger partial charge >= 0.3 is 0 Å². The molecule has 5 nitrogen and oxygen atoms in total. The van der Waals surface area contributed by atoms with Crippen LogP contribution in [0.25, 0.3) is 0 Å². The van der Waals surface area contributed by atoms with Crippen LogP contribution < -0.4 is 5.32 Å². The van der Waals surface area contributed by atoms with E-state index >= 15 is 0 Å². The maximum absolute atomic E-state index is 13.1. The number of aryl methyl sites for hydroxylation is 1. The first-order valence-electron chi connectivity index (χ1n) is 10.6. The third-order valence-corrected chi connectivity index (χ3v) is 6.81.